The van der Waals surface area contributed by atoms with Crippen molar-refractivity contribution in [2.24, 2.45) is 0 Å². The standard InChI is InChI=1S/C25H20F3N5O/c1-15-8-9-20(32-24(34)17-5-3-6-18(13-17)25(26,27)28)16(2)22(15)33-23-19(7-4-11-30-23)21-10-12-29-14-31-21/h3-14H,1-2H3,(H,30,33)(H,32,34). The van der Waals surface area contributed by atoms with Crippen LogP contribution in [-0.2, 0) is 6.18 Å². The van der Waals surface area contributed by atoms with E-state index in [-0.39, 0.29) is 5.56 Å². The summed E-state index contributed by atoms with van der Waals surface area (Å²) < 4.78 is 39.1. The molecule has 0 atom stereocenters. The molecule has 4 aromatic rings. The summed E-state index contributed by atoms with van der Waals surface area (Å²) in [6, 6.07) is 13.3. The van der Waals surface area contributed by atoms with Crippen molar-refractivity contribution in [3.8, 4) is 11.3 Å². The number of benzene rings is 2. The van der Waals surface area contributed by atoms with Gasteiger partial charge in [-0.15, -0.1) is 0 Å². The van der Waals surface area contributed by atoms with Crippen LogP contribution in [0.15, 0.2) is 73.3 Å². The number of nitrogens with one attached hydrogen (secondary N) is 2. The second-order valence-corrected chi connectivity index (χ2v) is 7.58. The Bertz CT molecular complexity index is 1340. The van der Waals surface area contributed by atoms with Crippen LogP contribution in [0.5, 0.6) is 0 Å². The fraction of sp³-hybridized carbons (Fsp3) is 0.120. The quantitative estimate of drug-likeness (QED) is 0.370. The van der Waals surface area contributed by atoms with Gasteiger partial charge in [-0.05, 0) is 67.4 Å². The van der Waals surface area contributed by atoms with Crippen molar-refractivity contribution in [3.63, 3.8) is 0 Å². The molecule has 2 aromatic carbocycles. The number of hydrogen-bond donors (Lipinski definition) is 2. The number of nitrogens with zero attached hydrogens (tertiary/aromatic N) is 3. The van der Waals surface area contributed by atoms with Gasteiger partial charge in [0.05, 0.1) is 11.3 Å². The number of carbonyl (C=O) groups excluding carboxylic acids is 1. The third kappa shape index (κ3) is 4.88. The molecule has 2 N–H and O–H groups in total. The van der Waals surface area contributed by atoms with Crippen LogP contribution in [0.3, 0.4) is 0 Å². The first kappa shape index (κ1) is 22.9. The number of aryl methyl sites for hydroxylation is 1. The highest BCUT2D eigenvalue weighted by molar-refractivity contribution is 6.05. The molecule has 2 aromatic heterocycles. The van der Waals surface area contributed by atoms with E-state index in [1.54, 1.807) is 30.6 Å². The fourth-order valence-corrected chi connectivity index (χ4v) is 3.49. The Labute approximate surface area is 193 Å². The van der Waals surface area contributed by atoms with E-state index in [0.717, 1.165) is 28.9 Å². The summed E-state index contributed by atoms with van der Waals surface area (Å²) in [6.07, 6.45) is 0.209. The van der Waals surface area contributed by atoms with Crippen molar-refractivity contribution in [3.05, 3.63) is 95.6 Å². The predicted octanol–water partition coefficient (Wildman–Crippen LogP) is 6.17. The third-order valence-corrected chi connectivity index (χ3v) is 5.28. The summed E-state index contributed by atoms with van der Waals surface area (Å²) >= 11 is 0. The van der Waals surface area contributed by atoms with Gasteiger partial charge in [-0.1, -0.05) is 12.1 Å². The Balaban J connectivity index is 1.64. The molecule has 9 heteroatoms. The molecular weight excluding hydrogens is 443 g/mol. The molecule has 6 nitrogen and oxygen atoms in total. The molecule has 0 aliphatic rings. The van der Waals surface area contributed by atoms with Crippen LogP contribution in [0.25, 0.3) is 11.3 Å². The Morgan fingerprint density at radius 1 is 0.941 bits per heavy atom. The van der Waals surface area contributed by atoms with Crippen molar-refractivity contribution in [1.82, 2.24) is 15.0 Å². The summed E-state index contributed by atoms with van der Waals surface area (Å²) in [5.74, 6) is -0.0720. The molecule has 0 saturated carbocycles. The van der Waals surface area contributed by atoms with Crippen LogP contribution in [0, 0.1) is 13.8 Å². The smallest absolute Gasteiger partial charge is 0.339 e. The van der Waals surface area contributed by atoms with Gasteiger partial charge in [0.25, 0.3) is 5.91 Å². The number of carbonyl (C=O) groups is 1. The van der Waals surface area contributed by atoms with Crippen molar-refractivity contribution >= 4 is 23.1 Å². The lowest BCUT2D eigenvalue weighted by Crippen LogP contribution is -2.15. The van der Waals surface area contributed by atoms with E-state index in [1.165, 1.54) is 18.5 Å². The molecule has 0 fully saturated rings. The highest BCUT2D eigenvalue weighted by Crippen LogP contribution is 2.34. The molecule has 172 valence electrons. The number of alkyl halides is 3. The lowest BCUT2D eigenvalue weighted by atomic mass is 10.0. The monoisotopic (exact) mass is 463 g/mol. The topological polar surface area (TPSA) is 79.8 Å². The average molecular weight is 463 g/mol. The third-order valence-electron chi connectivity index (χ3n) is 5.28. The van der Waals surface area contributed by atoms with Crippen LogP contribution in [0.4, 0.5) is 30.4 Å². The van der Waals surface area contributed by atoms with E-state index in [1.807, 2.05) is 26.0 Å². The number of hydrogen-bond acceptors (Lipinski definition) is 5. The van der Waals surface area contributed by atoms with Crippen molar-refractivity contribution in [2.75, 3.05) is 10.6 Å². The minimum atomic E-state index is -4.53. The Hall–Kier alpha value is -4.27. The van der Waals surface area contributed by atoms with E-state index in [2.05, 4.69) is 25.6 Å². The summed E-state index contributed by atoms with van der Waals surface area (Å²) in [4.78, 5) is 25.4. The molecule has 4 rings (SSSR count). The second-order valence-electron chi connectivity index (χ2n) is 7.58. The van der Waals surface area contributed by atoms with Crippen molar-refractivity contribution in [1.29, 1.82) is 0 Å². The maximum Gasteiger partial charge on any atom is 0.416 e. The summed E-state index contributed by atoms with van der Waals surface area (Å²) in [7, 11) is 0. The molecule has 0 unspecified atom stereocenters. The van der Waals surface area contributed by atoms with Gasteiger partial charge in [0.1, 0.15) is 12.1 Å². The van der Waals surface area contributed by atoms with Gasteiger partial charge >= 0.3 is 6.18 Å². The largest absolute Gasteiger partial charge is 0.416 e. The minimum Gasteiger partial charge on any atom is -0.339 e. The van der Waals surface area contributed by atoms with Crippen LogP contribution >= 0.6 is 0 Å². The maximum atomic E-state index is 13.0. The first-order valence-electron chi connectivity index (χ1n) is 10.3. The molecule has 34 heavy (non-hydrogen) atoms. The van der Waals surface area contributed by atoms with Gasteiger partial charge in [0, 0.05) is 34.9 Å². The molecule has 2 heterocycles. The fourth-order valence-electron chi connectivity index (χ4n) is 3.49. The van der Waals surface area contributed by atoms with Gasteiger partial charge in [-0.2, -0.15) is 13.2 Å². The number of halogens is 3. The highest BCUT2D eigenvalue weighted by Gasteiger charge is 2.31. The van der Waals surface area contributed by atoms with Crippen LogP contribution in [-0.4, -0.2) is 20.9 Å². The van der Waals surface area contributed by atoms with Gasteiger partial charge in [-0.3, -0.25) is 4.79 Å². The SMILES string of the molecule is Cc1ccc(NC(=O)c2cccc(C(F)(F)F)c2)c(C)c1Nc1ncccc1-c1ccncn1. The first-order chi connectivity index (χ1) is 16.2. The van der Waals surface area contributed by atoms with Gasteiger partial charge in [-0.25, -0.2) is 15.0 Å². The van der Waals surface area contributed by atoms with Gasteiger partial charge in [0.2, 0.25) is 0 Å². The Morgan fingerprint density at radius 2 is 1.76 bits per heavy atom. The second kappa shape index (κ2) is 9.30. The normalized spacial score (nSPS) is 11.2. The molecule has 0 bridgehead atoms. The van der Waals surface area contributed by atoms with E-state index in [0.29, 0.717) is 22.8 Å². The number of rotatable bonds is 5. The molecule has 0 radical (unpaired) electrons. The maximum absolute atomic E-state index is 13.0. The molecular formula is C25H20F3N5O. The van der Waals surface area contributed by atoms with E-state index in [4.69, 9.17) is 0 Å². The van der Waals surface area contributed by atoms with E-state index in [9.17, 15) is 18.0 Å². The first-order valence-corrected chi connectivity index (χ1v) is 10.3. The van der Waals surface area contributed by atoms with E-state index >= 15 is 0 Å². The molecule has 0 spiro atoms. The van der Waals surface area contributed by atoms with Gasteiger partial charge < -0.3 is 10.6 Å². The summed E-state index contributed by atoms with van der Waals surface area (Å²) in [6.45, 7) is 3.71. The zero-order valence-electron chi connectivity index (χ0n) is 18.3. The van der Waals surface area contributed by atoms with E-state index < -0.39 is 17.6 Å². The molecule has 0 aliphatic heterocycles. The zero-order valence-corrected chi connectivity index (χ0v) is 18.3. The lowest BCUT2D eigenvalue weighted by Gasteiger charge is -2.18. The van der Waals surface area contributed by atoms with Crippen LogP contribution in [0.2, 0.25) is 0 Å². The van der Waals surface area contributed by atoms with Crippen LogP contribution in [0.1, 0.15) is 27.0 Å². The summed E-state index contributed by atoms with van der Waals surface area (Å²) in [5, 5.41) is 6.04. The lowest BCUT2D eigenvalue weighted by molar-refractivity contribution is -0.137. The Morgan fingerprint density at radius 3 is 2.50 bits per heavy atom. The minimum absolute atomic E-state index is 0.0833. The Kier molecular flexibility index (Phi) is 6.27. The molecule has 1 amide bonds. The van der Waals surface area contributed by atoms with Gasteiger partial charge in [0.15, 0.2) is 0 Å². The average Bonchev–Trinajstić information content (AvgIpc) is 2.84. The van der Waals surface area contributed by atoms with Crippen LogP contribution < -0.4 is 10.6 Å². The highest BCUT2D eigenvalue weighted by atomic mass is 19.4. The molecule has 0 aliphatic carbocycles. The number of pyridine rings is 1. The number of anilines is 3. The molecule has 0 saturated heterocycles. The van der Waals surface area contributed by atoms with Crippen molar-refractivity contribution in [2.45, 2.75) is 20.0 Å². The number of aromatic nitrogens is 3. The zero-order chi connectivity index (χ0) is 24.3. The summed E-state index contributed by atoms with van der Waals surface area (Å²) in [5.41, 5.74) is 3.28. The predicted molar refractivity (Wildman–Crippen MR) is 124 cm³/mol. The van der Waals surface area contributed by atoms with Crippen molar-refractivity contribution < 1.29 is 18.0 Å². The number of amides is 1.